The molecule has 0 unspecified atom stereocenters. The molecule has 1 aromatic carbocycles. The third-order valence-corrected chi connectivity index (χ3v) is 4.29. The van der Waals surface area contributed by atoms with Crippen molar-refractivity contribution in [1.82, 2.24) is 9.88 Å². The molecule has 2 rings (SSSR count). The Morgan fingerprint density at radius 1 is 1.17 bits per heavy atom. The third kappa shape index (κ3) is 5.77. The third-order valence-electron chi connectivity index (χ3n) is 3.60. The highest BCUT2D eigenvalue weighted by Gasteiger charge is 2.18. The normalized spacial score (nSPS) is 10.4. The number of thiazole rings is 1. The Kier molecular flexibility index (Phi) is 7.42. The van der Waals surface area contributed by atoms with Crippen molar-refractivity contribution in [2.24, 2.45) is 0 Å². The zero-order chi connectivity index (χ0) is 17.2. The number of carbonyl (C=O) groups excluding carboxylic acids is 2. The number of aromatic nitrogens is 1. The van der Waals surface area contributed by atoms with E-state index in [1.165, 1.54) is 11.3 Å². The summed E-state index contributed by atoms with van der Waals surface area (Å²) in [6, 6.07) is 9.09. The Morgan fingerprint density at radius 2 is 1.96 bits per heavy atom. The monoisotopic (exact) mass is 345 g/mol. The van der Waals surface area contributed by atoms with Gasteiger partial charge >= 0.3 is 0 Å². The number of hydrogen-bond acceptors (Lipinski definition) is 4. The first kappa shape index (κ1) is 18.1. The van der Waals surface area contributed by atoms with Gasteiger partial charge in [0.05, 0.1) is 0 Å². The largest absolute Gasteiger partial charge is 0.329 e. The molecule has 2 amide bonds. The lowest BCUT2D eigenvalue weighted by molar-refractivity contribution is -0.116. The first-order valence-electron chi connectivity index (χ1n) is 8.24. The van der Waals surface area contributed by atoms with E-state index in [2.05, 4.69) is 17.2 Å². The number of amides is 2. The summed E-state index contributed by atoms with van der Waals surface area (Å²) in [6.45, 7) is 2.77. The van der Waals surface area contributed by atoms with Crippen LogP contribution in [0.4, 0.5) is 5.13 Å². The molecule has 1 N–H and O–H groups in total. The van der Waals surface area contributed by atoms with Gasteiger partial charge in [0, 0.05) is 23.7 Å². The van der Waals surface area contributed by atoms with E-state index in [4.69, 9.17) is 0 Å². The number of anilines is 1. The summed E-state index contributed by atoms with van der Waals surface area (Å²) in [5, 5.41) is 5.09. The minimum atomic E-state index is -0.218. The molecule has 0 radical (unpaired) electrons. The molecule has 0 atom stereocenters. The standard InChI is InChI=1S/C18H23N3O2S/c1-2-3-4-8-12-21(17(23)15-9-6-5-7-10-15)14-16(22)20-18-19-11-13-24-18/h5-7,9-11,13H,2-4,8,12,14H2,1H3,(H,19,20,22). The van der Waals surface area contributed by atoms with Crippen LogP contribution in [0.1, 0.15) is 43.0 Å². The fourth-order valence-electron chi connectivity index (χ4n) is 2.36. The highest BCUT2D eigenvalue weighted by molar-refractivity contribution is 7.13. The Bertz CT molecular complexity index is 629. The van der Waals surface area contributed by atoms with Crippen molar-refractivity contribution in [2.75, 3.05) is 18.4 Å². The number of nitrogens with zero attached hydrogens (tertiary/aromatic N) is 2. The van der Waals surface area contributed by atoms with Crippen molar-refractivity contribution in [3.63, 3.8) is 0 Å². The van der Waals surface area contributed by atoms with E-state index in [0.29, 0.717) is 17.2 Å². The van der Waals surface area contributed by atoms with E-state index >= 15 is 0 Å². The van der Waals surface area contributed by atoms with Gasteiger partial charge in [0.2, 0.25) is 5.91 Å². The number of benzene rings is 1. The van der Waals surface area contributed by atoms with E-state index in [0.717, 1.165) is 25.7 Å². The van der Waals surface area contributed by atoms with E-state index in [1.54, 1.807) is 28.6 Å². The topological polar surface area (TPSA) is 62.3 Å². The lowest BCUT2D eigenvalue weighted by atomic mass is 10.1. The molecule has 1 aromatic heterocycles. The molecule has 0 aliphatic heterocycles. The molecular formula is C18H23N3O2S. The summed E-state index contributed by atoms with van der Waals surface area (Å²) in [6.07, 6.45) is 5.87. The van der Waals surface area contributed by atoms with Gasteiger partial charge in [0.15, 0.2) is 5.13 Å². The predicted molar refractivity (Wildman–Crippen MR) is 97.2 cm³/mol. The molecule has 1 heterocycles. The van der Waals surface area contributed by atoms with Gasteiger partial charge in [-0.15, -0.1) is 11.3 Å². The highest BCUT2D eigenvalue weighted by atomic mass is 32.1. The Hall–Kier alpha value is -2.21. The van der Waals surface area contributed by atoms with Crippen LogP contribution >= 0.6 is 11.3 Å². The molecule has 0 fully saturated rings. The van der Waals surface area contributed by atoms with Gasteiger partial charge in [0.25, 0.3) is 5.91 Å². The zero-order valence-electron chi connectivity index (χ0n) is 13.9. The van der Waals surface area contributed by atoms with E-state index in [-0.39, 0.29) is 18.4 Å². The number of unbranched alkanes of at least 4 members (excludes halogenated alkanes) is 3. The molecule has 6 heteroatoms. The summed E-state index contributed by atoms with van der Waals surface area (Å²) in [5.41, 5.74) is 0.607. The lowest BCUT2D eigenvalue weighted by Crippen LogP contribution is -2.38. The van der Waals surface area contributed by atoms with Gasteiger partial charge in [-0.2, -0.15) is 0 Å². The summed E-state index contributed by atoms with van der Waals surface area (Å²) in [5.74, 6) is -0.328. The number of hydrogen-bond donors (Lipinski definition) is 1. The molecule has 5 nitrogen and oxygen atoms in total. The lowest BCUT2D eigenvalue weighted by Gasteiger charge is -2.22. The second-order valence-electron chi connectivity index (χ2n) is 5.54. The van der Waals surface area contributed by atoms with Crippen LogP contribution in [-0.2, 0) is 4.79 Å². The van der Waals surface area contributed by atoms with Crippen LogP contribution < -0.4 is 5.32 Å². The van der Waals surface area contributed by atoms with Gasteiger partial charge in [-0.1, -0.05) is 44.4 Å². The van der Waals surface area contributed by atoms with Crippen LogP contribution in [0, 0.1) is 0 Å². The maximum absolute atomic E-state index is 12.7. The molecule has 0 saturated carbocycles. The second kappa shape index (κ2) is 9.82. The molecule has 2 aromatic rings. The van der Waals surface area contributed by atoms with Gasteiger partial charge in [-0.25, -0.2) is 4.98 Å². The Balaban J connectivity index is 1.98. The van der Waals surface area contributed by atoms with Crippen molar-refractivity contribution in [3.05, 3.63) is 47.5 Å². The van der Waals surface area contributed by atoms with Crippen molar-refractivity contribution in [2.45, 2.75) is 32.6 Å². The summed E-state index contributed by atoms with van der Waals surface area (Å²) >= 11 is 1.36. The number of nitrogens with one attached hydrogen (secondary N) is 1. The fourth-order valence-corrected chi connectivity index (χ4v) is 2.91. The Labute approximate surface area is 146 Å². The van der Waals surface area contributed by atoms with Crippen LogP contribution in [0.2, 0.25) is 0 Å². The average molecular weight is 345 g/mol. The molecule has 128 valence electrons. The maximum atomic E-state index is 12.7. The van der Waals surface area contributed by atoms with Crippen molar-refractivity contribution in [1.29, 1.82) is 0 Å². The van der Waals surface area contributed by atoms with Crippen LogP contribution in [0.5, 0.6) is 0 Å². The van der Waals surface area contributed by atoms with Crippen molar-refractivity contribution in [3.8, 4) is 0 Å². The average Bonchev–Trinajstić information content (AvgIpc) is 3.10. The molecule has 0 aliphatic rings. The molecule has 0 aliphatic carbocycles. The molecule has 0 saturated heterocycles. The molecule has 0 spiro atoms. The van der Waals surface area contributed by atoms with Crippen LogP contribution in [0.3, 0.4) is 0 Å². The minimum absolute atomic E-state index is 0.0411. The van der Waals surface area contributed by atoms with E-state index in [9.17, 15) is 9.59 Å². The number of rotatable bonds is 9. The van der Waals surface area contributed by atoms with Gasteiger partial charge in [-0.3, -0.25) is 9.59 Å². The van der Waals surface area contributed by atoms with Crippen molar-refractivity contribution < 1.29 is 9.59 Å². The molecular weight excluding hydrogens is 322 g/mol. The maximum Gasteiger partial charge on any atom is 0.254 e. The zero-order valence-corrected chi connectivity index (χ0v) is 14.7. The van der Waals surface area contributed by atoms with E-state index < -0.39 is 0 Å². The molecule has 24 heavy (non-hydrogen) atoms. The van der Waals surface area contributed by atoms with Crippen LogP contribution in [0.25, 0.3) is 0 Å². The first-order valence-corrected chi connectivity index (χ1v) is 9.12. The van der Waals surface area contributed by atoms with Crippen LogP contribution in [-0.4, -0.2) is 34.8 Å². The first-order chi connectivity index (χ1) is 11.7. The van der Waals surface area contributed by atoms with Crippen LogP contribution in [0.15, 0.2) is 41.9 Å². The predicted octanol–water partition coefficient (Wildman–Crippen LogP) is 3.80. The SMILES string of the molecule is CCCCCCN(CC(=O)Nc1nccs1)C(=O)c1ccccc1. The smallest absolute Gasteiger partial charge is 0.254 e. The summed E-state index contributed by atoms with van der Waals surface area (Å²) in [4.78, 5) is 30.5. The van der Waals surface area contributed by atoms with Gasteiger partial charge in [-0.05, 0) is 18.6 Å². The quantitative estimate of drug-likeness (QED) is 0.703. The molecule has 0 bridgehead atoms. The highest BCUT2D eigenvalue weighted by Crippen LogP contribution is 2.12. The fraction of sp³-hybridized carbons (Fsp3) is 0.389. The van der Waals surface area contributed by atoms with E-state index in [1.807, 2.05) is 18.2 Å². The second-order valence-corrected chi connectivity index (χ2v) is 6.43. The summed E-state index contributed by atoms with van der Waals surface area (Å²) < 4.78 is 0. The minimum Gasteiger partial charge on any atom is -0.329 e. The van der Waals surface area contributed by atoms with Gasteiger partial charge < -0.3 is 10.2 Å². The van der Waals surface area contributed by atoms with Gasteiger partial charge in [0.1, 0.15) is 6.54 Å². The number of carbonyl (C=O) groups is 2. The Morgan fingerprint density at radius 3 is 2.62 bits per heavy atom. The summed E-state index contributed by atoms with van der Waals surface area (Å²) in [7, 11) is 0. The van der Waals surface area contributed by atoms with Crippen molar-refractivity contribution >= 4 is 28.3 Å².